The van der Waals surface area contributed by atoms with E-state index in [9.17, 15) is 4.39 Å². The van der Waals surface area contributed by atoms with Gasteiger partial charge in [-0.2, -0.15) is 0 Å². The third kappa shape index (κ3) is 2.83. The maximum atomic E-state index is 12.9. The summed E-state index contributed by atoms with van der Waals surface area (Å²) in [4.78, 5) is 0. The number of hydrogen-bond acceptors (Lipinski definition) is 1. The maximum Gasteiger partial charge on any atom is 0.124 e. The first-order valence-electron chi connectivity index (χ1n) is 5.87. The zero-order valence-electron chi connectivity index (χ0n) is 9.26. The van der Waals surface area contributed by atoms with Crippen molar-refractivity contribution in [3.63, 3.8) is 0 Å². The molecule has 2 rings (SSSR count). The number of rotatable bonds is 3. The second kappa shape index (κ2) is 5.28. The van der Waals surface area contributed by atoms with Gasteiger partial charge in [0.1, 0.15) is 5.82 Å². The van der Waals surface area contributed by atoms with Gasteiger partial charge in [0.2, 0.25) is 0 Å². The lowest BCUT2D eigenvalue weighted by Crippen LogP contribution is -2.14. The van der Waals surface area contributed by atoms with Crippen LogP contribution in [0.5, 0.6) is 0 Å². The molecule has 0 saturated heterocycles. The fraction of sp³-hybridized carbons (Fsp3) is 0.538. The largest absolute Gasteiger partial charge is 0.324 e. The molecule has 1 aliphatic rings. The smallest absolute Gasteiger partial charge is 0.124 e. The van der Waals surface area contributed by atoms with Crippen LogP contribution < -0.4 is 5.73 Å². The van der Waals surface area contributed by atoms with Crippen LogP contribution in [0.4, 0.5) is 4.39 Å². The fourth-order valence-corrected chi connectivity index (χ4v) is 3.18. The summed E-state index contributed by atoms with van der Waals surface area (Å²) < 4.78 is 13.7. The van der Waals surface area contributed by atoms with E-state index in [1.807, 2.05) is 0 Å². The number of benzene rings is 1. The lowest BCUT2D eigenvalue weighted by molar-refractivity contribution is 0.449. The first kappa shape index (κ1) is 12.1. The standard InChI is InChI=1S/C13H17BrFN/c14-12-8-10(15)5-6-11(12)13(16)7-9-3-1-2-4-9/h5-6,8-9,13H,1-4,7,16H2. The summed E-state index contributed by atoms with van der Waals surface area (Å²) in [7, 11) is 0. The van der Waals surface area contributed by atoms with Crippen molar-refractivity contribution in [3.8, 4) is 0 Å². The molecule has 0 spiro atoms. The van der Waals surface area contributed by atoms with Crippen LogP contribution in [-0.2, 0) is 0 Å². The highest BCUT2D eigenvalue weighted by atomic mass is 79.9. The molecule has 3 heteroatoms. The molecule has 1 nitrogen and oxygen atoms in total. The van der Waals surface area contributed by atoms with Crippen LogP contribution in [0, 0.1) is 11.7 Å². The summed E-state index contributed by atoms with van der Waals surface area (Å²) in [5.74, 6) is 0.538. The van der Waals surface area contributed by atoms with Crippen molar-refractivity contribution >= 4 is 15.9 Å². The molecule has 1 aromatic rings. The highest BCUT2D eigenvalue weighted by Gasteiger charge is 2.20. The molecular formula is C13H17BrFN. The van der Waals surface area contributed by atoms with Crippen molar-refractivity contribution < 1.29 is 4.39 Å². The van der Waals surface area contributed by atoms with Gasteiger partial charge in [-0.25, -0.2) is 4.39 Å². The van der Waals surface area contributed by atoms with Crippen LogP contribution in [0.15, 0.2) is 22.7 Å². The summed E-state index contributed by atoms with van der Waals surface area (Å²) in [5, 5.41) is 0. The molecule has 0 heterocycles. The van der Waals surface area contributed by atoms with Crippen LogP contribution in [0.1, 0.15) is 43.7 Å². The second-order valence-corrected chi connectivity index (χ2v) is 5.51. The first-order chi connectivity index (χ1) is 7.66. The van der Waals surface area contributed by atoms with Crippen molar-refractivity contribution in [1.82, 2.24) is 0 Å². The average Bonchev–Trinajstić information content (AvgIpc) is 2.70. The number of hydrogen-bond donors (Lipinski definition) is 1. The van der Waals surface area contributed by atoms with Crippen LogP contribution in [0.25, 0.3) is 0 Å². The molecule has 16 heavy (non-hydrogen) atoms. The van der Waals surface area contributed by atoms with Crippen LogP contribution in [0.2, 0.25) is 0 Å². The molecule has 1 saturated carbocycles. The molecule has 2 N–H and O–H groups in total. The van der Waals surface area contributed by atoms with Crippen LogP contribution >= 0.6 is 15.9 Å². The molecule has 1 aromatic carbocycles. The molecule has 0 bridgehead atoms. The first-order valence-corrected chi connectivity index (χ1v) is 6.66. The topological polar surface area (TPSA) is 26.0 Å². The fourth-order valence-electron chi connectivity index (χ4n) is 2.53. The highest BCUT2D eigenvalue weighted by Crippen LogP contribution is 2.34. The molecule has 1 fully saturated rings. The molecule has 1 unspecified atom stereocenters. The Balaban J connectivity index is 2.04. The van der Waals surface area contributed by atoms with Crippen LogP contribution in [0.3, 0.4) is 0 Å². The van der Waals surface area contributed by atoms with E-state index in [1.54, 1.807) is 6.07 Å². The van der Waals surface area contributed by atoms with Gasteiger partial charge in [0.15, 0.2) is 0 Å². The lowest BCUT2D eigenvalue weighted by atomic mass is 9.94. The summed E-state index contributed by atoms with van der Waals surface area (Å²) in [5.41, 5.74) is 7.19. The van der Waals surface area contributed by atoms with E-state index in [0.29, 0.717) is 0 Å². The molecule has 0 amide bonds. The highest BCUT2D eigenvalue weighted by molar-refractivity contribution is 9.10. The molecule has 1 atom stereocenters. The Morgan fingerprint density at radius 1 is 1.38 bits per heavy atom. The summed E-state index contributed by atoms with van der Waals surface area (Å²) in [6, 6.07) is 4.79. The van der Waals surface area contributed by atoms with Gasteiger partial charge in [-0.15, -0.1) is 0 Å². The van der Waals surface area contributed by atoms with Crippen molar-refractivity contribution in [2.75, 3.05) is 0 Å². The third-order valence-corrected chi connectivity index (χ3v) is 4.11. The van der Waals surface area contributed by atoms with Gasteiger partial charge in [-0.05, 0) is 30.0 Å². The normalized spacial score (nSPS) is 18.9. The monoisotopic (exact) mass is 285 g/mol. The van der Waals surface area contributed by atoms with E-state index in [4.69, 9.17) is 5.73 Å². The summed E-state index contributed by atoms with van der Waals surface area (Å²) >= 11 is 3.38. The molecule has 1 aliphatic carbocycles. The van der Waals surface area contributed by atoms with Gasteiger partial charge in [-0.1, -0.05) is 47.7 Å². The van der Waals surface area contributed by atoms with Crippen molar-refractivity contribution in [2.45, 2.75) is 38.1 Å². The minimum atomic E-state index is -0.219. The van der Waals surface area contributed by atoms with E-state index < -0.39 is 0 Å². The Bertz CT molecular complexity index is 361. The molecular weight excluding hydrogens is 269 g/mol. The van der Waals surface area contributed by atoms with E-state index in [2.05, 4.69) is 15.9 Å². The SMILES string of the molecule is NC(CC1CCCC1)c1ccc(F)cc1Br. The van der Waals surface area contributed by atoms with Gasteiger partial charge in [0.25, 0.3) is 0 Å². The zero-order chi connectivity index (χ0) is 11.5. The zero-order valence-corrected chi connectivity index (χ0v) is 10.8. The quantitative estimate of drug-likeness (QED) is 0.886. The Labute approximate surface area is 104 Å². The van der Waals surface area contributed by atoms with Gasteiger partial charge < -0.3 is 5.73 Å². The minimum absolute atomic E-state index is 0.0260. The van der Waals surface area contributed by atoms with E-state index in [0.717, 1.165) is 22.4 Å². The summed E-state index contributed by atoms with van der Waals surface area (Å²) in [6.45, 7) is 0. The van der Waals surface area contributed by atoms with E-state index in [-0.39, 0.29) is 11.9 Å². The second-order valence-electron chi connectivity index (χ2n) is 4.66. The molecule has 0 aliphatic heterocycles. The third-order valence-electron chi connectivity index (χ3n) is 3.42. The Morgan fingerprint density at radius 3 is 2.69 bits per heavy atom. The molecule has 0 aromatic heterocycles. The van der Waals surface area contributed by atoms with Crippen molar-refractivity contribution in [1.29, 1.82) is 0 Å². The lowest BCUT2D eigenvalue weighted by Gasteiger charge is -2.17. The Hall–Kier alpha value is -0.410. The van der Waals surface area contributed by atoms with Gasteiger partial charge in [0, 0.05) is 10.5 Å². The molecule has 88 valence electrons. The van der Waals surface area contributed by atoms with Gasteiger partial charge in [0.05, 0.1) is 0 Å². The molecule has 0 radical (unpaired) electrons. The Kier molecular flexibility index (Phi) is 3.98. The van der Waals surface area contributed by atoms with Crippen molar-refractivity contribution in [3.05, 3.63) is 34.1 Å². The minimum Gasteiger partial charge on any atom is -0.324 e. The average molecular weight is 286 g/mol. The van der Waals surface area contributed by atoms with E-state index >= 15 is 0 Å². The predicted molar refractivity (Wildman–Crippen MR) is 67.6 cm³/mol. The predicted octanol–water partition coefficient (Wildman–Crippen LogP) is 4.17. The summed E-state index contributed by atoms with van der Waals surface area (Å²) in [6.07, 6.45) is 6.28. The van der Waals surface area contributed by atoms with Gasteiger partial charge >= 0.3 is 0 Å². The van der Waals surface area contributed by atoms with Crippen LogP contribution in [-0.4, -0.2) is 0 Å². The Morgan fingerprint density at radius 2 is 2.06 bits per heavy atom. The van der Waals surface area contributed by atoms with Crippen molar-refractivity contribution in [2.24, 2.45) is 11.7 Å². The number of halogens is 2. The van der Waals surface area contributed by atoms with E-state index in [1.165, 1.54) is 37.8 Å². The maximum absolute atomic E-state index is 12.9. The number of nitrogens with two attached hydrogens (primary N) is 1. The van der Waals surface area contributed by atoms with Gasteiger partial charge in [-0.3, -0.25) is 0 Å².